The fourth-order valence-electron chi connectivity index (χ4n) is 3.54. The van der Waals surface area contributed by atoms with E-state index in [1.807, 2.05) is 12.1 Å². The topological polar surface area (TPSA) is 88.9 Å². The Morgan fingerprint density at radius 3 is 2.70 bits per heavy atom. The number of carboxylic acid groups (broad SMARTS) is 1. The number of rotatable bonds is 6. The molecule has 2 unspecified atom stereocenters. The normalized spacial score (nSPS) is 19.0. The first-order chi connectivity index (χ1) is 14.4. The molecule has 0 amide bonds. The fourth-order valence-corrected chi connectivity index (χ4v) is 3.74. The van der Waals surface area contributed by atoms with Gasteiger partial charge in [0.1, 0.15) is 12.5 Å². The summed E-state index contributed by atoms with van der Waals surface area (Å²) in [4.78, 5) is 33.3. The summed E-state index contributed by atoms with van der Waals surface area (Å²) in [7, 11) is 0. The van der Waals surface area contributed by atoms with Gasteiger partial charge < -0.3 is 9.84 Å². The van der Waals surface area contributed by atoms with Crippen LogP contribution in [0, 0.1) is 5.92 Å². The number of esters is 1. The van der Waals surface area contributed by atoms with E-state index in [9.17, 15) is 14.7 Å². The van der Waals surface area contributed by atoms with Crippen LogP contribution in [0.3, 0.4) is 0 Å². The third-order valence-electron chi connectivity index (χ3n) is 4.83. The number of halogens is 1. The molecule has 0 bridgehead atoms. The molecule has 0 aliphatic carbocycles. The maximum absolute atomic E-state index is 12.9. The van der Waals surface area contributed by atoms with Crippen molar-refractivity contribution in [3.8, 4) is 0 Å². The summed E-state index contributed by atoms with van der Waals surface area (Å²) in [5.41, 5.74) is 2.60. The Hall–Kier alpha value is -3.25. The van der Waals surface area contributed by atoms with Crippen molar-refractivity contribution in [1.82, 2.24) is 4.98 Å². The Labute approximate surface area is 179 Å². The molecule has 0 saturated heterocycles. The number of pyridine rings is 1. The van der Waals surface area contributed by atoms with Crippen molar-refractivity contribution in [2.45, 2.75) is 19.8 Å². The zero-order chi connectivity index (χ0) is 21.7. The summed E-state index contributed by atoms with van der Waals surface area (Å²) >= 11 is 6.13. The molecule has 1 aliphatic rings. The highest BCUT2D eigenvalue weighted by Gasteiger charge is 2.41. The molecular weight excluding hydrogens is 404 g/mol. The molecule has 2 aromatic rings. The van der Waals surface area contributed by atoms with Crippen molar-refractivity contribution in [3.05, 3.63) is 82.3 Å². The van der Waals surface area contributed by atoms with Crippen LogP contribution in [0.15, 0.2) is 71.1 Å². The highest BCUT2D eigenvalue weighted by molar-refractivity contribution is 6.30. The van der Waals surface area contributed by atoms with Gasteiger partial charge >= 0.3 is 11.9 Å². The van der Waals surface area contributed by atoms with Crippen LogP contribution < -0.4 is 0 Å². The first kappa shape index (κ1) is 21.5. The van der Waals surface area contributed by atoms with Crippen LogP contribution in [0.4, 0.5) is 0 Å². The summed E-state index contributed by atoms with van der Waals surface area (Å²) in [6, 6.07) is 10.5. The monoisotopic (exact) mass is 424 g/mol. The average molecular weight is 425 g/mol. The van der Waals surface area contributed by atoms with Crippen molar-refractivity contribution in [3.63, 3.8) is 0 Å². The number of allylic oxidation sites excluding steroid dienone is 1. The molecule has 6 nitrogen and oxygen atoms in total. The number of carbonyl (C=O) groups excluding carboxylic acids is 1. The summed E-state index contributed by atoms with van der Waals surface area (Å²) in [5, 5.41) is 10.3. The minimum atomic E-state index is -1.06. The number of hydrogen-bond donors (Lipinski definition) is 1. The van der Waals surface area contributed by atoms with Crippen molar-refractivity contribution in [2.75, 3.05) is 6.61 Å². The highest BCUT2D eigenvalue weighted by atomic mass is 35.5. The van der Waals surface area contributed by atoms with Crippen LogP contribution >= 0.6 is 11.6 Å². The number of benzene rings is 1. The van der Waals surface area contributed by atoms with E-state index in [2.05, 4.69) is 9.98 Å². The Morgan fingerprint density at radius 1 is 1.23 bits per heavy atom. The minimum Gasteiger partial charge on any atom is -0.481 e. The Balaban J connectivity index is 1.88. The van der Waals surface area contributed by atoms with Gasteiger partial charge in [0, 0.05) is 34.7 Å². The number of aliphatic carboxylic acids is 1. The van der Waals surface area contributed by atoms with Crippen LogP contribution in [0.5, 0.6) is 0 Å². The quantitative estimate of drug-likeness (QED) is 0.688. The van der Waals surface area contributed by atoms with Crippen LogP contribution in [-0.2, 0) is 14.3 Å². The first-order valence-corrected chi connectivity index (χ1v) is 9.74. The van der Waals surface area contributed by atoms with Crippen LogP contribution in [0.2, 0.25) is 5.02 Å². The molecule has 0 fully saturated rings. The van der Waals surface area contributed by atoms with Gasteiger partial charge in [0.25, 0.3) is 0 Å². The zero-order valence-electron chi connectivity index (χ0n) is 16.6. The second-order valence-corrected chi connectivity index (χ2v) is 7.32. The molecule has 0 saturated carbocycles. The Morgan fingerprint density at radius 2 is 2.03 bits per heavy atom. The Kier molecular flexibility index (Phi) is 6.79. The summed E-state index contributed by atoms with van der Waals surface area (Å²) < 4.78 is 5.42. The van der Waals surface area contributed by atoms with Crippen molar-refractivity contribution in [1.29, 1.82) is 0 Å². The molecule has 1 aliphatic heterocycles. The summed E-state index contributed by atoms with van der Waals surface area (Å²) in [5.74, 6) is -3.39. The summed E-state index contributed by atoms with van der Waals surface area (Å²) in [6.07, 6.45) is 6.85. The van der Waals surface area contributed by atoms with E-state index in [0.29, 0.717) is 22.0 Å². The lowest BCUT2D eigenvalue weighted by atomic mass is 9.75. The van der Waals surface area contributed by atoms with Crippen molar-refractivity contribution >= 4 is 35.3 Å². The van der Waals surface area contributed by atoms with Crippen LogP contribution in [-0.4, -0.2) is 34.3 Å². The maximum Gasteiger partial charge on any atom is 0.336 e. The van der Waals surface area contributed by atoms with Gasteiger partial charge in [-0.15, -0.1) is 0 Å². The number of carboxylic acids is 1. The molecule has 7 heteroatoms. The van der Waals surface area contributed by atoms with E-state index in [-0.39, 0.29) is 12.2 Å². The fraction of sp³-hybridized carbons (Fsp3) is 0.217. The molecule has 1 aromatic heterocycles. The molecule has 2 heterocycles. The molecule has 0 spiro atoms. The number of carbonyl (C=O) groups is 2. The molecule has 1 N–H and O–H groups in total. The third-order valence-corrected chi connectivity index (χ3v) is 5.06. The molecule has 154 valence electrons. The third kappa shape index (κ3) is 4.83. The van der Waals surface area contributed by atoms with E-state index < -0.39 is 23.8 Å². The van der Waals surface area contributed by atoms with Gasteiger partial charge in [-0.3, -0.25) is 14.8 Å². The zero-order valence-corrected chi connectivity index (χ0v) is 17.3. The molecule has 0 radical (unpaired) electrons. The predicted octanol–water partition coefficient (Wildman–Crippen LogP) is 4.52. The van der Waals surface area contributed by atoms with Gasteiger partial charge in [0.2, 0.25) is 0 Å². The number of aliphatic imine (C=N–C) groups is 1. The van der Waals surface area contributed by atoms with Gasteiger partial charge in [-0.25, -0.2) is 4.79 Å². The maximum atomic E-state index is 12.9. The predicted molar refractivity (Wildman–Crippen MR) is 115 cm³/mol. The average Bonchev–Trinajstić information content (AvgIpc) is 2.71. The highest BCUT2D eigenvalue weighted by Crippen LogP contribution is 2.40. The van der Waals surface area contributed by atoms with Gasteiger partial charge in [-0.1, -0.05) is 35.9 Å². The smallest absolute Gasteiger partial charge is 0.336 e. The van der Waals surface area contributed by atoms with Gasteiger partial charge in [-0.05, 0) is 49.2 Å². The minimum absolute atomic E-state index is 0.0349. The van der Waals surface area contributed by atoms with E-state index >= 15 is 0 Å². The van der Waals surface area contributed by atoms with Gasteiger partial charge in [0.05, 0.1) is 5.57 Å². The largest absolute Gasteiger partial charge is 0.481 e. The lowest BCUT2D eigenvalue weighted by molar-refractivity contribution is -0.140. The molecular formula is C23H21ClN2O4. The molecule has 2 atom stereocenters. The van der Waals surface area contributed by atoms with Gasteiger partial charge in [0.15, 0.2) is 0 Å². The van der Waals surface area contributed by atoms with E-state index in [1.165, 1.54) is 0 Å². The SMILES string of the molecule is CC1=NC(C)=C(C(=O)OCC=Cc2cccnc2)C(c2cccc(Cl)c2)C1C(=O)O. The molecule has 3 rings (SSSR count). The summed E-state index contributed by atoms with van der Waals surface area (Å²) in [6.45, 7) is 3.37. The number of ether oxygens (including phenoxy) is 1. The number of nitrogens with zero attached hydrogens (tertiary/aromatic N) is 2. The van der Waals surface area contributed by atoms with E-state index in [4.69, 9.17) is 16.3 Å². The Bertz CT molecular complexity index is 1040. The lowest BCUT2D eigenvalue weighted by Gasteiger charge is -2.30. The van der Waals surface area contributed by atoms with E-state index in [0.717, 1.165) is 5.56 Å². The lowest BCUT2D eigenvalue weighted by Crippen LogP contribution is -2.35. The van der Waals surface area contributed by atoms with Crippen molar-refractivity contribution in [2.24, 2.45) is 10.9 Å². The number of aromatic nitrogens is 1. The van der Waals surface area contributed by atoms with Crippen molar-refractivity contribution < 1.29 is 19.4 Å². The second kappa shape index (κ2) is 9.50. The van der Waals surface area contributed by atoms with Gasteiger partial charge in [-0.2, -0.15) is 0 Å². The molecule has 30 heavy (non-hydrogen) atoms. The number of hydrogen-bond acceptors (Lipinski definition) is 5. The van der Waals surface area contributed by atoms with E-state index in [1.54, 1.807) is 62.7 Å². The second-order valence-electron chi connectivity index (χ2n) is 6.89. The van der Waals surface area contributed by atoms with Crippen LogP contribution in [0.25, 0.3) is 6.08 Å². The molecule has 1 aromatic carbocycles. The van der Waals surface area contributed by atoms with Crippen LogP contribution in [0.1, 0.15) is 30.9 Å². The standard InChI is InChI=1S/C23H21ClN2O4/c1-14-19(22(27)28)21(17-8-3-9-18(24)12-17)20(15(2)26-14)23(29)30-11-5-7-16-6-4-10-25-13-16/h3-10,12-13,19,21H,11H2,1-2H3,(H,27,28). The first-order valence-electron chi connectivity index (χ1n) is 9.36.